The van der Waals surface area contributed by atoms with E-state index in [2.05, 4.69) is 74.3 Å². The Morgan fingerprint density at radius 3 is 2.44 bits per heavy atom. The second-order valence-electron chi connectivity index (χ2n) is 4.07. The molecule has 1 unspecified atom stereocenters. The molecule has 0 aliphatic carbocycles. The molecule has 0 saturated carbocycles. The van der Waals surface area contributed by atoms with Gasteiger partial charge in [-0.3, -0.25) is 0 Å². The smallest absolute Gasteiger partial charge is 0.169 e. The average Bonchev–Trinajstić information content (AvgIpc) is 2.84. The van der Waals surface area contributed by atoms with E-state index in [-0.39, 0.29) is 4.83 Å². The number of alkyl halides is 1. The molecule has 3 heteroatoms. The van der Waals surface area contributed by atoms with Crippen molar-refractivity contribution in [3.05, 3.63) is 70.6 Å². The van der Waals surface area contributed by atoms with Gasteiger partial charge in [-0.15, -0.1) is 0 Å². The Morgan fingerprint density at radius 1 is 0.889 bits per heavy atom. The van der Waals surface area contributed by atoms with Crippen molar-refractivity contribution in [3.63, 3.8) is 0 Å². The van der Waals surface area contributed by atoms with Crippen LogP contribution in [0.2, 0.25) is 0 Å². The topological polar surface area (TPSA) is 13.1 Å². The van der Waals surface area contributed by atoms with Gasteiger partial charge in [0.1, 0.15) is 5.76 Å². The van der Waals surface area contributed by atoms with Gasteiger partial charge in [0.15, 0.2) is 4.67 Å². The maximum atomic E-state index is 5.62. The van der Waals surface area contributed by atoms with E-state index in [1.54, 1.807) is 0 Å². The number of hydrogen-bond donors (Lipinski definition) is 0. The van der Waals surface area contributed by atoms with Gasteiger partial charge in [0.05, 0.1) is 4.83 Å². The molecular formula is C15H10Br2O. The van der Waals surface area contributed by atoms with Gasteiger partial charge in [-0.1, -0.05) is 58.4 Å². The molecular weight excluding hydrogens is 356 g/mol. The minimum absolute atomic E-state index is 0.0647. The molecule has 0 bridgehead atoms. The Balaban J connectivity index is 2.14. The van der Waals surface area contributed by atoms with Gasteiger partial charge in [-0.05, 0) is 44.4 Å². The predicted octanol–water partition coefficient (Wildman–Crippen LogP) is 5.68. The van der Waals surface area contributed by atoms with Crippen molar-refractivity contribution in [3.8, 4) is 0 Å². The van der Waals surface area contributed by atoms with Gasteiger partial charge in [0.25, 0.3) is 0 Å². The summed E-state index contributed by atoms with van der Waals surface area (Å²) in [5.41, 5.74) is 1.22. The highest BCUT2D eigenvalue weighted by molar-refractivity contribution is 9.10. The molecule has 0 spiro atoms. The van der Waals surface area contributed by atoms with Gasteiger partial charge in [0.2, 0.25) is 0 Å². The zero-order valence-electron chi connectivity index (χ0n) is 9.44. The molecule has 0 saturated heterocycles. The van der Waals surface area contributed by atoms with E-state index in [4.69, 9.17) is 4.42 Å². The zero-order chi connectivity index (χ0) is 12.5. The Morgan fingerprint density at radius 2 is 1.67 bits per heavy atom. The number of benzene rings is 2. The lowest BCUT2D eigenvalue weighted by atomic mass is 10.0. The van der Waals surface area contributed by atoms with Gasteiger partial charge >= 0.3 is 0 Å². The lowest BCUT2D eigenvalue weighted by Gasteiger charge is -2.10. The maximum Gasteiger partial charge on any atom is 0.169 e. The van der Waals surface area contributed by atoms with Crippen molar-refractivity contribution in [2.75, 3.05) is 0 Å². The SMILES string of the molecule is Brc1ccc(C(Br)c2cccc3ccccc23)o1. The second-order valence-corrected chi connectivity index (χ2v) is 5.77. The highest BCUT2D eigenvalue weighted by Gasteiger charge is 2.16. The summed E-state index contributed by atoms with van der Waals surface area (Å²) in [6, 6.07) is 18.6. The van der Waals surface area contributed by atoms with Crippen molar-refractivity contribution in [2.24, 2.45) is 0 Å². The van der Waals surface area contributed by atoms with Crippen molar-refractivity contribution < 1.29 is 4.42 Å². The molecule has 1 heterocycles. The summed E-state index contributed by atoms with van der Waals surface area (Å²) in [5, 5.41) is 2.49. The van der Waals surface area contributed by atoms with Gasteiger partial charge < -0.3 is 4.42 Å². The van der Waals surface area contributed by atoms with Crippen LogP contribution >= 0.6 is 31.9 Å². The Hall–Kier alpha value is -1.06. The van der Waals surface area contributed by atoms with E-state index in [1.165, 1.54) is 16.3 Å². The molecule has 18 heavy (non-hydrogen) atoms. The molecule has 90 valence electrons. The fourth-order valence-corrected chi connectivity index (χ4v) is 3.05. The van der Waals surface area contributed by atoms with Gasteiger partial charge in [-0.2, -0.15) is 0 Å². The zero-order valence-corrected chi connectivity index (χ0v) is 12.6. The highest BCUT2D eigenvalue weighted by atomic mass is 79.9. The predicted molar refractivity (Wildman–Crippen MR) is 81.1 cm³/mol. The summed E-state index contributed by atoms with van der Waals surface area (Å²) < 4.78 is 6.37. The second kappa shape index (κ2) is 4.90. The molecule has 0 fully saturated rings. The van der Waals surface area contributed by atoms with Crippen LogP contribution in [-0.4, -0.2) is 0 Å². The highest BCUT2D eigenvalue weighted by Crippen LogP contribution is 2.36. The molecule has 0 aliphatic rings. The Labute approximate surface area is 122 Å². The maximum absolute atomic E-state index is 5.62. The average molecular weight is 366 g/mol. The van der Waals surface area contributed by atoms with Crippen LogP contribution in [0.4, 0.5) is 0 Å². The molecule has 0 radical (unpaired) electrons. The number of fused-ring (bicyclic) bond motifs is 1. The summed E-state index contributed by atoms with van der Waals surface area (Å²) in [4.78, 5) is 0.0647. The van der Waals surface area contributed by atoms with E-state index in [9.17, 15) is 0 Å². The lowest BCUT2D eigenvalue weighted by molar-refractivity contribution is 0.497. The summed E-state index contributed by atoms with van der Waals surface area (Å²) in [7, 11) is 0. The number of halogens is 2. The van der Waals surface area contributed by atoms with Gasteiger partial charge in [0, 0.05) is 0 Å². The molecule has 1 aromatic heterocycles. The fourth-order valence-electron chi connectivity index (χ4n) is 2.09. The third-order valence-electron chi connectivity index (χ3n) is 2.94. The summed E-state index contributed by atoms with van der Waals surface area (Å²) in [6.45, 7) is 0. The molecule has 3 rings (SSSR count). The van der Waals surface area contributed by atoms with E-state index in [0.29, 0.717) is 0 Å². The summed E-state index contributed by atoms with van der Waals surface area (Å²) in [6.07, 6.45) is 0. The van der Waals surface area contributed by atoms with E-state index >= 15 is 0 Å². The number of furan rings is 1. The molecule has 1 atom stereocenters. The van der Waals surface area contributed by atoms with Crippen LogP contribution in [0, 0.1) is 0 Å². The van der Waals surface area contributed by atoms with Crippen LogP contribution in [0.3, 0.4) is 0 Å². The third-order valence-corrected chi connectivity index (χ3v) is 4.31. The van der Waals surface area contributed by atoms with Crippen LogP contribution in [0.25, 0.3) is 10.8 Å². The largest absolute Gasteiger partial charge is 0.453 e. The standard InChI is InChI=1S/C15H10Br2O/c16-14-9-8-13(18-14)15(17)12-7-3-5-10-4-1-2-6-11(10)12/h1-9,15H. The van der Waals surface area contributed by atoms with E-state index in [0.717, 1.165) is 10.4 Å². The molecule has 1 nitrogen and oxygen atoms in total. The number of rotatable bonds is 2. The third kappa shape index (κ3) is 2.13. The minimum Gasteiger partial charge on any atom is -0.453 e. The molecule has 0 N–H and O–H groups in total. The van der Waals surface area contributed by atoms with Crippen molar-refractivity contribution in [1.82, 2.24) is 0 Å². The van der Waals surface area contributed by atoms with E-state index in [1.807, 2.05) is 12.1 Å². The van der Waals surface area contributed by atoms with Crippen LogP contribution < -0.4 is 0 Å². The number of hydrogen-bond acceptors (Lipinski definition) is 1. The summed E-state index contributed by atoms with van der Waals surface area (Å²) >= 11 is 7.05. The first kappa shape index (κ1) is 12.0. The lowest BCUT2D eigenvalue weighted by Crippen LogP contribution is -1.92. The Bertz CT molecular complexity index is 682. The quantitative estimate of drug-likeness (QED) is 0.532. The fraction of sp³-hybridized carbons (Fsp3) is 0.0667. The first-order valence-electron chi connectivity index (χ1n) is 5.62. The van der Waals surface area contributed by atoms with Crippen LogP contribution in [0.15, 0.2) is 63.7 Å². The molecule has 2 aromatic carbocycles. The summed E-state index contributed by atoms with van der Waals surface area (Å²) in [5.74, 6) is 0.901. The first-order chi connectivity index (χ1) is 8.75. The molecule has 0 aliphatic heterocycles. The normalized spacial score (nSPS) is 12.8. The first-order valence-corrected chi connectivity index (χ1v) is 7.33. The molecule has 0 amide bonds. The Kier molecular flexibility index (Phi) is 3.27. The van der Waals surface area contributed by atoms with Crippen molar-refractivity contribution >= 4 is 42.6 Å². The van der Waals surface area contributed by atoms with Crippen LogP contribution in [0.5, 0.6) is 0 Å². The van der Waals surface area contributed by atoms with Crippen LogP contribution in [0.1, 0.15) is 16.2 Å². The van der Waals surface area contributed by atoms with Crippen molar-refractivity contribution in [1.29, 1.82) is 0 Å². The monoisotopic (exact) mass is 364 g/mol. The van der Waals surface area contributed by atoms with Crippen LogP contribution in [-0.2, 0) is 0 Å². The minimum atomic E-state index is 0.0647. The van der Waals surface area contributed by atoms with Gasteiger partial charge in [-0.25, -0.2) is 0 Å². The van der Waals surface area contributed by atoms with E-state index < -0.39 is 0 Å². The van der Waals surface area contributed by atoms with Crippen molar-refractivity contribution in [2.45, 2.75) is 4.83 Å². The molecule has 3 aromatic rings.